The van der Waals surface area contributed by atoms with E-state index in [-0.39, 0.29) is 24.8 Å². The second-order valence-corrected chi connectivity index (χ2v) is 6.24. The fourth-order valence-corrected chi connectivity index (χ4v) is 3.31. The third kappa shape index (κ3) is 3.84. The number of hydrogen-bond donors (Lipinski definition) is 1. The van der Waals surface area contributed by atoms with Crippen molar-refractivity contribution < 1.29 is 8.78 Å². The van der Waals surface area contributed by atoms with Crippen molar-refractivity contribution in [2.75, 3.05) is 6.54 Å². The molecule has 1 aliphatic rings. The molecular weight excluding hydrogens is 303 g/mol. The maximum absolute atomic E-state index is 13.3. The molecule has 1 unspecified atom stereocenters. The van der Waals surface area contributed by atoms with Gasteiger partial charge in [0.05, 0.1) is 0 Å². The van der Waals surface area contributed by atoms with Gasteiger partial charge < -0.3 is 5.32 Å². The molecule has 1 atom stereocenters. The van der Waals surface area contributed by atoms with Crippen LogP contribution in [0.3, 0.4) is 0 Å². The fraction of sp³-hybridized carbons (Fsp3) is 0.600. The molecule has 2 rings (SSSR count). The molecule has 1 nitrogen and oxygen atoms in total. The monoisotopic (exact) mass is 321 g/mol. The molecule has 1 fully saturated rings. The van der Waals surface area contributed by atoms with Crippen molar-refractivity contribution in [3.8, 4) is 0 Å². The number of alkyl halides is 2. The predicted molar refractivity (Wildman–Crippen MR) is 79.8 cm³/mol. The molecule has 5 heteroatoms. The summed E-state index contributed by atoms with van der Waals surface area (Å²) in [6.07, 6.45) is 0.927. The standard InChI is InChI=1S/C15H19Cl2F2N/c1-2-20-14(10-5-7-15(18,19)8-6-10)12-9-11(16)3-4-13(12)17/h3-4,9-10,14,20H,2,5-8H2,1H3. The first kappa shape index (κ1) is 16.0. The Bertz CT molecular complexity index is 455. The van der Waals surface area contributed by atoms with Gasteiger partial charge in [-0.05, 0) is 49.1 Å². The van der Waals surface area contributed by atoms with Crippen LogP contribution in [-0.2, 0) is 0 Å². The normalized spacial score (nSPS) is 20.9. The zero-order valence-corrected chi connectivity index (χ0v) is 12.9. The van der Waals surface area contributed by atoms with Gasteiger partial charge in [0.1, 0.15) is 0 Å². The summed E-state index contributed by atoms with van der Waals surface area (Å²) in [4.78, 5) is 0. The van der Waals surface area contributed by atoms with Crippen LogP contribution in [-0.4, -0.2) is 12.5 Å². The first-order chi connectivity index (χ1) is 9.43. The van der Waals surface area contributed by atoms with E-state index in [1.807, 2.05) is 13.0 Å². The third-order valence-electron chi connectivity index (χ3n) is 3.95. The van der Waals surface area contributed by atoms with Crippen LogP contribution < -0.4 is 5.32 Å². The molecule has 112 valence electrons. The van der Waals surface area contributed by atoms with Crippen molar-refractivity contribution in [2.24, 2.45) is 5.92 Å². The molecule has 0 radical (unpaired) electrons. The highest BCUT2D eigenvalue weighted by Gasteiger charge is 2.38. The van der Waals surface area contributed by atoms with Crippen molar-refractivity contribution in [3.63, 3.8) is 0 Å². The smallest absolute Gasteiger partial charge is 0.248 e. The lowest BCUT2D eigenvalue weighted by atomic mass is 9.79. The van der Waals surface area contributed by atoms with Gasteiger partial charge in [-0.1, -0.05) is 30.1 Å². The summed E-state index contributed by atoms with van der Waals surface area (Å²) in [5.41, 5.74) is 0.913. The SMILES string of the molecule is CCNC(c1cc(Cl)ccc1Cl)C1CCC(F)(F)CC1. The van der Waals surface area contributed by atoms with Gasteiger partial charge >= 0.3 is 0 Å². The second kappa shape index (κ2) is 6.59. The minimum absolute atomic E-state index is 0.0118. The van der Waals surface area contributed by atoms with E-state index < -0.39 is 5.92 Å². The summed E-state index contributed by atoms with van der Waals surface area (Å²) in [7, 11) is 0. The van der Waals surface area contributed by atoms with Crippen LogP contribution in [0, 0.1) is 5.92 Å². The van der Waals surface area contributed by atoms with Gasteiger partial charge in [0.15, 0.2) is 0 Å². The molecule has 0 saturated heterocycles. The van der Waals surface area contributed by atoms with E-state index in [1.54, 1.807) is 12.1 Å². The maximum atomic E-state index is 13.3. The molecule has 1 aliphatic carbocycles. The summed E-state index contributed by atoms with van der Waals surface area (Å²) in [5, 5.41) is 4.63. The van der Waals surface area contributed by atoms with E-state index >= 15 is 0 Å². The van der Waals surface area contributed by atoms with Gasteiger partial charge in [-0.3, -0.25) is 0 Å². The average molecular weight is 322 g/mol. The second-order valence-electron chi connectivity index (χ2n) is 5.39. The van der Waals surface area contributed by atoms with Crippen LogP contribution in [0.4, 0.5) is 8.78 Å². The molecule has 0 aromatic heterocycles. The first-order valence-electron chi connectivity index (χ1n) is 6.99. The van der Waals surface area contributed by atoms with E-state index in [2.05, 4.69) is 5.32 Å². The van der Waals surface area contributed by atoms with Gasteiger partial charge in [-0.2, -0.15) is 0 Å². The summed E-state index contributed by atoms with van der Waals surface area (Å²) < 4.78 is 26.6. The summed E-state index contributed by atoms with van der Waals surface area (Å²) in [5.74, 6) is -2.34. The van der Waals surface area contributed by atoms with E-state index in [9.17, 15) is 8.78 Å². The molecule has 1 aromatic rings. The van der Waals surface area contributed by atoms with Crippen molar-refractivity contribution in [1.29, 1.82) is 0 Å². The highest BCUT2D eigenvalue weighted by Crippen LogP contribution is 2.42. The van der Waals surface area contributed by atoms with E-state index in [1.165, 1.54) is 0 Å². The number of halogens is 4. The van der Waals surface area contributed by atoms with Crippen LogP contribution in [0.1, 0.15) is 44.2 Å². The number of nitrogens with one attached hydrogen (secondary N) is 1. The van der Waals surface area contributed by atoms with Crippen molar-refractivity contribution >= 4 is 23.2 Å². The lowest BCUT2D eigenvalue weighted by molar-refractivity contribution is -0.0497. The summed E-state index contributed by atoms with van der Waals surface area (Å²) in [6, 6.07) is 5.33. The van der Waals surface area contributed by atoms with Gasteiger partial charge in [-0.25, -0.2) is 8.78 Å². The highest BCUT2D eigenvalue weighted by molar-refractivity contribution is 6.33. The van der Waals surface area contributed by atoms with Gasteiger partial charge in [0.25, 0.3) is 0 Å². The molecule has 20 heavy (non-hydrogen) atoms. The van der Waals surface area contributed by atoms with E-state index in [0.717, 1.165) is 12.1 Å². The highest BCUT2D eigenvalue weighted by atomic mass is 35.5. The average Bonchev–Trinajstić information content (AvgIpc) is 2.40. The Kier molecular flexibility index (Phi) is 5.27. The largest absolute Gasteiger partial charge is 0.310 e. The molecule has 0 heterocycles. The minimum Gasteiger partial charge on any atom is -0.310 e. The van der Waals surface area contributed by atoms with Crippen LogP contribution >= 0.6 is 23.2 Å². The van der Waals surface area contributed by atoms with Crippen molar-refractivity contribution in [3.05, 3.63) is 33.8 Å². The van der Waals surface area contributed by atoms with E-state index in [4.69, 9.17) is 23.2 Å². The Labute approximate surface area is 128 Å². The summed E-state index contributed by atoms with van der Waals surface area (Å²) >= 11 is 12.3. The topological polar surface area (TPSA) is 12.0 Å². The molecule has 1 aromatic carbocycles. The Balaban J connectivity index is 2.21. The first-order valence-corrected chi connectivity index (χ1v) is 7.74. The van der Waals surface area contributed by atoms with Gasteiger partial charge in [-0.15, -0.1) is 0 Å². The zero-order chi connectivity index (χ0) is 14.8. The van der Waals surface area contributed by atoms with Crippen molar-refractivity contribution in [1.82, 2.24) is 5.32 Å². The van der Waals surface area contributed by atoms with Crippen LogP contribution in [0.5, 0.6) is 0 Å². The molecule has 1 N–H and O–H groups in total. The molecule has 0 aliphatic heterocycles. The van der Waals surface area contributed by atoms with E-state index in [0.29, 0.717) is 22.9 Å². The maximum Gasteiger partial charge on any atom is 0.248 e. The Hall–Kier alpha value is -0.380. The predicted octanol–water partition coefficient (Wildman–Crippen LogP) is 5.47. The van der Waals surface area contributed by atoms with Gasteiger partial charge in [0, 0.05) is 28.9 Å². The third-order valence-corrected chi connectivity index (χ3v) is 4.53. The Morgan fingerprint density at radius 2 is 1.95 bits per heavy atom. The molecule has 0 spiro atoms. The Morgan fingerprint density at radius 3 is 2.55 bits per heavy atom. The van der Waals surface area contributed by atoms with Crippen LogP contribution in [0.25, 0.3) is 0 Å². The molecular formula is C15H19Cl2F2N. The quantitative estimate of drug-likeness (QED) is 0.775. The number of hydrogen-bond acceptors (Lipinski definition) is 1. The lowest BCUT2D eigenvalue weighted by Gasteiger charge is -2.34. The number of benzene rings is 1. The fourth-order valence-electron chi connectivity index (χ4n) is 2.90. The Morgan fingerprint density at radius 1 is 1.30 bits per heavy atom. The zero-order valence-electron chi connectivity index (χ0n) is 11.4. The van der Waals surface area contributed by atoms with Crippen molar-refractivity contribution in [2.45, 2.75) is 44.6 Å². The molecule has 0 bridgehead atoms. The lowest BCUT2D eigenvalue weighted by Crippen LogP contribution is -2.34. The minimum atomic E-state index is -2.51. The molecule has 1 saturated carbocycles. The molecule has 0 amide bonds. The summed E-state index contributed by atoms with van der Waals surface area (Å²) in [6.45, 7) is 2.77. The van der Waals surface area contributed by atoms with Crippen LogP contribution in [0.15, 0.2) is 18.2 Å². The van der Waals surface area contributed by atoms with Crippen LogP contribution in [0.2, 0.25) is 10.0 Å². The number of rotatable bonds is 4. The van der Waals surface area contributed by atoms with Gasteiger partial charge in [0.2, 0.25) is 5.92 Å².